The maximum atomic E-state index is 12.9. The molecule has 0 aliphatic heterocycles. The topological polar surface area (TPSA) is 93.3 Å². The number of hydrogen-bond acceptors (Lipinski definition) is 4. The third-order valence-corrected chi connectivity index (χ3v) is 4.65. The molecule has 0 fully saturated rings. The Morgan fingerprint density at radius 3 is 2.39 bits per heavy atom. The maximum absolute atomic E-state index is 12.9. The fraction of sp³-hybridized carbons (Fsp3) is 0.208. The summed E-state index contributed by atoms with van der Waals surface area (Å²) in [4.78, 5) is 38.2. The zero-order valence-corrected chi connectivity index (χ0v) is 17.6. The number of amides is 2. The molecule has 0 atom stereocenters. The molecule has 2 N–H and O–H groups in total. The third-order valence-electron chi connectivity index (χ3n) is 4.65. The summed E-state index contributed by atoms with van der Waals surface area (Å²) < 4.78 is 7.19. The summed E-state index contributed by atoms with van der Waals surface area (Å²) >= 11 is 0. The fourth-order valence-corrected chi connectivity index (χ4v) is 3.16. The first-order chi connectivity index (χ1) is 14.9. The van der Waals surface area contributed by atoms with E-state index in [0.717, 1.165) is 16.9 Å². The van der Waals surface area contributed by atoms with Crippen LogP contribution < -0.4 is 16.1 Å². The molecule has 2 heterocycles. The van der Waals surface area contributed by atoms with Crippen molar-refractivity contribution in [2.24, 2.45) is 0 Å². The van der Waals surface area contributed by atoms with Gasteiger partial charge in [-0.2, -0.15) is 0 Å². The summed E-state index contributed by atoms with van der Waals surface area (Å²) in [6, 6.07) is 11.3. The summed E-state index contributed by atoms with van der Waals surface area (Å²) in [6.07, 6.45) is 4.38. The molecular formula is C24H25N3O4. The molecule has 0 saturated heterocycles. The van der Waals surface area contributed by atoms with Crippen molar-refractivity contribution in [2.75, 3.05) is 6.54 Å². The van der Waals surface area contributed by atoms with Crippen molar-refractivity contribution >= 4 is 11.8 Å². The summed E-state index contributed by atoms with van der Waals surface area (Å²) in [5.41, 5.74) is 1.13. The zero-order chi connectivity index (χ0) is 22.4. The predicted octanol–water partition coefficient (Wildman–Crippen LogP) is 2.95. The van der Waals surface area contributed by atoms with E-state index in [4.69, 9.17) is 4.42 Å². The standard InChI is InChI=1S/C24H25N3O4/c1-4-10-25-23(29)20-14-27(13-19-9-8-17(3)31-19)15-21(22(20)28)24(30)26-12-18-7-5-6-16(2)11-18/h4-9,11,14-15H,1,10,12-13H2,2-3H3,(H,25,29)(H,26,30). The molecule has 0 aliphatic rings. The van der Waals surface area contributed by atoms with Gasteiger partial charge in [-0.1, -0.05) is 35.9 Å². The van der Waals surface area contributed by atoms with Crippen LogP contribution in [0.4, 0.5) is 0 Å². The molecule has 0 bridgehead atoms. The highest BCUT2D eigenvalue weighted by molar-refractivity contribution is 5.99. The molecule has 3 aromatic rings. The molecule has 31 heavy (non-hydrogen) atoms. The van der Waals surface area contributed by atoms with Gasteiger partial charge in [0.15, 0.2) is 0 Å². The van der Waals surface area contributed by atoms with Crippen molar-refractivity contribution in [1.29, 1.82) is 0 Å². The maximum Gasteiger partial charge on any atom is 0.257 e. The number of rotatable bonds is 8. The van der Waals surface area contributed by atoms with Crippen LogP contribution in [0.2, 0.25) is 0 Å². The van der Waals surface area contributed by atoms with Gasteiger partial charge in [-0.3, -0.25) is 14.4 Å². The normalized spacial score (nSPS) is 10.5. The Balaban J connectivity index is 1.91. The van der Waals surface area contributed by atoms with Crippen LogP contribution in [-0.4, -0.2) is 22.9 Å². The van der Waals surface area contributed by atoms with Gasteiger partial charge < -0.3 is 19.6 Å². The third kappa shape index (κ3) is 5.60. The number of aryl methyl sites for hydroxylation is 2. The van der Waals surface area contributed by atoms with Crippen molar-refractivity contribution in [3.8, 4) is 0 Å². The van der Waals surface area contributed by atoms with Crippen LogP contribution in [0, 0.1) is 13.8 Å². The van der Waals surface area contributed by atoms with Gasteiger partial charge in [0.25, 0.3) is 11.8 Å². The number of aromatic nitrogens is 1. The molecule has 1 aromatic carbocycles. The number of carbonyl (C=O) groups is 2. The highest BCUT2D eigenvalue weighted by Gasteiger charge is 2.19. The van der Waals surface area contributed by atoms with Crippen LogP contribution in [0.3, 0.4) is 0 Å². The Hall–Kier alpha value is -3.87. The molecule has 2 aromatic heterocycles. The molecule has 2 amide bonds. The van der Waals surface area contributed by atoms with Crippen molar-refractivity contribution in [2.45, 2.75) is 26.9 Å². The predicted molar refractivity (Wildman–Crippen MR) is 118 cm³/mol. The first kappa shape index (κ1) is 21.8. The van der Waals surface area contributed by atoms with Gasteiger partial charge in [0, 0.05) is 25.5 Å². The average molecular weight is 419 g/mol. The Morgan fingerprint density at radius 1 is 1.06 bits per heavy atom. The molecule has 7 heteroatoms. The molecule has 3 rings (SSSR count). The van der Waals surface area contributed by atoms with Crippen LogP contribution in [0.25, 0.3) is 0 Å². The average Bonchev–Trinajstić information content (AvgIpc) is 3.15. The lowest BCUT2D eigenvalue weighted by molar-refractivity contribution is 0.0948. The van der Waals surface area contributed by atoms with Gasteiger partial charge in [-0.15, -0.1) is 6.58 Å². The molecule has 0 spiro atoms. The van der Waals surface area contributed by atoms with E-state index in [1.54, 1.807) is 4.57 Å². The Bertz CT molecular complexity index is 1170. The number of furan rings is 1. The lowest BCUT2D eigenvalue weighted by atomic mass is 10.1. The van der Waals surface area contributed by atoms with Gasteiger partial charge in [0.05, 0.1) is 6.54 Å². The Morgan fingerprint density at radius 2 is 1.77 bits per heavy atom. The summed E-state index contributed by atoms with van der Waals surface area (Å²) in [7, 11) is 0. The van der Waals surface area contributed by atoms with Crippen LogP contribution in [0.15, 0.2) is 70.7 Å². The van der Waals surface area contributed by atoms with Crippen LogP contribution >= 0.6 is 0 Å². The molecule has 0 radical (unpaired) electrons. The van der Waals surface area contributed by atoms with Gasteiger partial charge in [0.2, 0.25) is 5.43 Å². The highest BCUT2D eigenvalue weighted by atomic mass is 16.3. The second-order valence-electron chi connectivity index (χ2n) is 7.27. The monoisotopic (exact) mass is 419 g/mol. The first-order valence-electron chi connectivity index (χ1n) is 9.89. The van der Waals surface area contributed by atoms with Crippen molar-refractivity contribution in [3.63, 3.8) is 0 Å². The number of hydrogen-bond donors (Lipinski definition) is 2. The number of carbonyl (C=O) groups excluding carboxylic acids is 2. The summed E-state index contributed by atoms with van der Waals surface area (Å²) in [5.74, 6) is 0.276. The van der Waals surface area contributed by atoms with E-state index in [2.05, 4.69) is 17.2 Å². The van der Waals surface area contributed by atoms with E-state index < -0.39 is 17.2 Å². The minimum atomic E-state index is -0.629. The lowest BCUT2D eigenvalue weighted by Crippen LogP contribution is -2.35. The largest absolute Gasteiger partial charge is 0.464 e. The minimum Gasteiger partial charge on any atom is -0.464 e. The van der Waals surface area contributed by atoms with E-state index in [0.29, 0.717) is 5.76 Å². The first-order valence-corrected chi connectivity index (χ1v) is 9.89. The minimum absolute atomic E-state index is 0.109. The summed E-state index contributed by atoms with van der Waals surface area (Å²) in [5, 5.41) is 5.35. The van der Waals surface area contributed by atoms with Crippen LogP contribution in [-0.2, 0) is 13.1 Å². The molecule has 0 unspecified atom stereocenters. The molecule has 160 valence electrons. The number of nitrogens with zero attached hydrogens (tertiary/aromatic N) is 1. The van der Waals surface area contributed by atoms with Crippen LogP contribution in [0.1, 0.15) is 43.4 Å². The smallest absolute Gasteiger partial charge is 0.257 e. The van der Waals surface area contributed by atoms with Crippen LogP contribution in [0.5, 0.6) is 0 Å². The second-order valence-corrected chi connectivity index (χ2v) is 7.27. The Labute approximate surface area is 180 Å². The molecule has 7 nitrogen and oxygen atoms in total. The lowest BCUT2D eigenvalue weighted by Gasteiger charge is -2.12. The van der Waals surface area contributed by atoms with Gasteiger partial charge in [-0.25, -0.2) is 0 Å². The highest BCUT2D eigenvalue weighted by Crippen LogP contribution is 2.10. The van der Waals surface area contributed by atoms with E-state index in [1.807, 2.05) is 50.2 Å². The zero-order valence-electron chi connectivity index (χ0n) is 17.6. The van der Waals surface area contributed by atoms with E-state index in [-0.39, 0.29) is 30.8 Å². The SMILES string of the molecule is C=CCNC(=O)c1cn(Cc2ccc(C)o2)cc(C(=O)NCc2cccc(C)c2)c1=O. The molecule has 0 saturated carbocycles. The number of nitrogens with one attached hydrogen (secondary N) is 2. The number of pyridine rings is 1. The Kier molecular flexibility index (Phi) is 6.87. The fourth-order valence-electron chi connectivity index (χ4n) is 3.16. The second kappa shape index (κ2) is 9.75. The molecule has 0 aliphatic carbocycles. The quantitative estimate of drug-likeness (QED) is 0.549. The number of benzene rings is 1. The van der Waals surface area contributed by atoms with Crippen molar-refractivity contribution < 1.29 is 14.0 Å². The van der Waals surface area contributed by atoms with Gasteiger partial charge in [-0.05, 0) is 31.5 Å². The van der Waals surface area contributed by atoms with E-state index >= 15 is 0 Å². The van der Waals surface area contributed by atoms with Crippen molar-refractivity contribution in [1.82, 2.24) is 15.2 Å². The summed E-state index contributed by atoms with van der Waals surface area (Å²) in [6.45, 7) is 8.09. The van der Waals surface area contributed by atoms with E-state index in [9.17, 15) is 14.4 Å². The molecular weight excluding hydrogens is 394 g/mol. The van der Waals surface area contributed by atoms with Gasteiger partial charge in [0.1, 0.15) is 22.6 Å². The van der Waals surface area contributed by atoms with Gasteiger partial charge >= 0.3 is 0 Å². The van der Waals surface area contributed by atoms with E-state index in [1.165, 1.54) is 18.5 Å². The van der Waals surface area contributed by atoms with Crippen molar-refractivity contribution in [3.05, 3.63) is 105 Å².